The van der Waals surface area contributed by atoms with E-state index in [0.29, 0.717) is 0 Å². The molecule has 0 amide bonds. The molecule has 6 nitrogen and oxygen atoms in total. The van der Waals surface area contributed by atoms with Gasteiger partial charge in [-0.1, -0.05) is 0 Å². The highest BCUT2D eigenvalue weighted by molar-refractivity contribution is 5.68. The maximum atomic E-state index is 5.36. The predicted molar refractivity (Wildman–Crippen MR) is 78.2 cm³/mol. The topological polar surface area (TPSA) is 54.7 Å². The number of ether oxygens (including phenoxy) is 1. The molecular formula is C14H21N5O. The monoisotopic (exact) mass is 275 g/mol. The highest BCUT2D eigenvalue weighted by atomic mass is 16.5. The summed E-state index contributed by atoms with van der Waals surface area (Å²) in [5.74, 6) is 0.917. The zero-order valence-corrected chi connectivity index (χ0v) is 12.1. The van der Waals surface area contributed by atoms with Gasteiger partial charge in [-0.15, -0.1) is 10.2 Å². The van der Waals surface area contributed by atoms with Crippen LogP contribution >= 0.6 is 0 Å². The Hall–Kier alpha value is -1.66. The molecule has 2 aromatic rings. The molecule has 0 bridgehead atoms. The van der Waals surface area contributed by atoms with Crippen LogP contribution in [0.15, 0.2) is 12.3 Å². The van der Waals surface area contributed by atoms with Gasteiger partial charge in [0.25, 0.3) is 0 Å². The van der Waals surface area contributed by atoms with Gasteiger partial charge < -0.3 is 10.1 Å². The number of aryl methyl sites for hydroxylation is 2. The second kappa shape index (κ2) is 5.76. The zero-order chi connectivity index (χ0) is 13.9. The van der Waals surface area contributed by atoms with Crippen molar-refractivity contribution in [1.82, 2.24) is 19.5 Å². The average Bonchev–Trinajstić information content (AvgIpc) is 2.82. The summed E-state index contributed by atoms with van der Waals surface area (Å²) >= 11 is 0. The van der Waals surface area contributed by atoms with E-state index in [1.165, 1.54) is 5.56 Å². The SMILES string of the molecule is Cc1cc(NCCN2CCOCC2)c2nnc(C)n2c1. The predicted octanol–water partition coefficient (Wildman–Crippen LogP) is 1.09. The minimum atomic E-state index is 0.845. The van der Waals surface area contributed by atoms with E-state index >= 15 is 0 Å². The molecule has 2 aromatic heterocycles. The number of nitrogens with zero attached hydrogens (tertiary/aromatic N) is 4. The smallest absolute Gasteiger partial charge is 0.184 e. The van der Waals surface area contributed by atoms with E-state index < -0.39 is 0 Å². The maximum absolute atomic E-state index is 5.36. The number of pyridine rings is 1. The largest absolute Gasteiger partial charge is 0.381 e. The quantitative estimate of drug-likeness (QED) is 0.905. The van der Waals surface area contributed by atoms with Crippen LogP contribution in [0.1, 0.15) is 11.4 Å². The summed E-state index contributed by atoms with van der Waals surface area (Å²) in [7, 11) is 0. The number of hydrogen-bond donors (Lipinski definition) is 1. The van der Waals surface area contributed by atoms with Crippen molar-refractivity contribution in [3.63, 3.8) is 0 Å². The van der Waals surface area contributed by atoms with Crippen molar-refractivity contribution in [3.05, 3.63) is 23.7 Å². The maximum Gasteiger partial charge on any atom is 0.184 e. The highest BCUT2D eigenvalue weighted by Gasteiger charge is 2.11. The first-order chi connectivity index (χ1) is 9.74. The number of aromatic nitrogens is 3. The van der Waals surface area contributed by atoms with Gasteiger partial charge in [-0.05, 0) is 25.5 Å². The minimum Gasteiger partial charge on any atom is -0.381 e. The van der Waals surface area contributed by atoms with Crippen LogP contribution in [-0.4, -0.2) is 58.9 Å². The van der Waals surface area contributed by atoms with E-state index in [1.54, 1.807) is 0 Å². The van der Waals surface area contributed by atoms with Crippen molar-refractivity contribution in [2.24, 2.45) is 0 Å². The molecule has 1 aliphatic heterocycles. The summed E-state index contributed by atoms with van der Waals surface area (Å²) in [5, 5.41) is 11.9. The number of hydrogen-bond acceptors (Lipinski definition) is 5. The lowest BCUT2D eigenvalue weighted by Gasteiger charge is -2.26. The van der Waals surface area contributed by atoms with Crippen molar-refractivity contribution in [1.29, 1.82) is 0 Å². The standard InChI is InChI=1S/C14H21N5O/c1-11-9-13(14-17-16-12(2)19(14)10-11)15-3-4-18-5-7-20-8-6-18/h9-10,15H,3-8H2,1-2H3. The first-order valence-corrected chi connectivity index (χ1v) is 7.10. The molecule has 3 rings (SSSR count). The van der Waals surface area contributed by atoms with E-state index in [-0.39, 0.29) is 0 Å². The summed E-state index contributed by atoms with van der Waals surface area (Å²) < 4.78 is 7.39. The third-order valence-electron chi connectivity index (χ3n) is 3.66. The second-order valence-electron chi connectivity index (χ2n) is 5.25. The van der Waals surface area contributed by atoms with Crippen molar-refractivity contribution < 1.29 is 4.74 Å². The summed E-state index contributed by atoms with van der Waals surface area (Å²) in [6.45, 7) is 9.73. The van der Waals surface area contributed by atoms with Crippen LogP contribution in [0.25, 0.3) is 5.65 Å². The summed E-state index contributed by atoms with van der Waals surface area (Å²) in [6, 6.07) is 2.13. The molecule has 0 radical (unpaired) electrons. The van der Waals surface area contributed by atoms with E-state index in [4.69, 9.17) is 4.74 Å². The molecule has 1 N–H and O–H groups in total. The fourth-order valence-corrected chi connectivity index (χ4v) is 2.54. The molecule has 0 aliphatic carbocycles. The van der Waals surface area contributed by atoms with Crippen LogP contribution in [0.5, 0.6) is 0 Å². The Bertz CT molecular complexity index is 589. The number of anilines is 1. The summed E-state index contributed by atoms with van der Waals surface area (Å²) in [4.78, 5) is 2.42. The van der Waals surface area contributed by atoms with Gasteiger partial charge >= 0.3 is 0 Å². The van der Waals surface area contributed by atoms with E-state index in [0.717, 1.165) is 56.6 Å². The van der Waals surface area contributed by atoms with Crippen LogP contribution in [0.2, 0.25) is 0 Å². The molecule has 1 saturated heterocycles. The Morgan fingerprint density at radius 1 is 1.25 bits per heavy atom. The van der Waals surface area contributed by atoms with Gasteiger partial charge in [-0.3, -0.25) is 9.30 Å². The van der Waals surface area contributed by atoms with Gasteiger partial charge in [0.15, 0.2) is 5.65 Å². The molecule has 1 aliphatic rings. The Labute approximate surface area is 118 Å². The zero-order valence-electron chi connectivity index (χ0n) is 12.1. The Morgan fingerprint density at radius 3 is 2.85 bits per heavy atom. The van der Waals surface area contributed by atoms with Gasteiger partial charge in [-0.2, -0.15) is 0 Å². The van der Waals surface area contributed by atoms with E-state index in [2.05, 4.69) is 39.6 Å². The molecule has 108 valence electrons. The van der Waals surface area contributed by atoms with E-state index in [9.17, 15) is 0 Å². The Balaban J connectivity index is 1.67. The summed E-state index contributed by atoms with van der Waals surface area (Å²) in [5.41, 5.74) is 3.16. The molecule has 3 heterocycles. The Kier molecular flexibility index (Phi) is 3.84. The molecular weight excluding hydrogens is 254 g/mol. The molecule has 0 unspecified atom stereocenters. The number of rotatable bonds is 4. The Morgan fingerprint density at radius 2 is 2.05 bits per heavy atom. The van der Waals surface area contributed by atoms with Crippen molar-refractivity contribution in [2.75, 3.05) is 44.7 Å². The molecule has 0 atom stereocenters. The lowest BCUT2D eigenvalue weighted by Crippen LogP contribution is -2.39. The fourth-order valence-electron chi connectivity index (χ4n) is 2.54. The van der Waals surface area contributed by atoms with Gasteiger partial charge in [0.05, 0.1) is 18.9 Å². The molecule has 0 saturated carbocycles. The number of morpholine rings is 1. The third-order valence-corrected chi connectivity index (χ3v) is 3.66. The number of fused-ring (bicyclic) bond motifs is 1. The number of nitrogens with one attached hydrogen (secondary N) is 1. The first-order valence-electron chi connectivity index (χ1n) is 7.10. The lowest BCUT2D eigenvalue weighted by molar-refractivity contribution is 0.0398. The van der Waals surface area contributed by atoms with Crippen LogP contribution in [0, 0.1) is 13.8 Å². The fraction of sp³-hybridized carbons (Fsp3) is 0.571. The highest BCUT2D eigenvalue weighted by Crippen LogP contribution is 2.17. The molecule has 0 spiro atoms. The van der Waals surface area contributed by atoms with E-state index in [1.807, 2.05) is 11.3 Å². The van der Waals surface area contributed by atoms with Gasteiger partial charge in [0.1, 0.15) is 5.82 Å². The van der Waals surface area contributed by atoms with Gasteiger partial charge in [-0.25, -0.2) is 0 Å². The van der Waals surface area contributed by atoms with Crippen molar-refractivity contribution >= 4 is 11.3 Å². The van der Waals surface area contributed by atoms with Gasteiger partial charge in [0.2, 0.25) is 0 Å². The van der Waals surface area contributed by atoms with Crippen LogP contribution in [0.3, 0.4) is 0 Å². The minimum absolute atomic E-state index is 0.845. The molecule has 0 aromatic carbocycles. The van der Waals surface area contributed by atoms with Crippen molar-refractivity contribution in [2.45, 2.75) is 13.8 Å². The normalized spacial score (nSPS) is 16.7. The average molecular weight is 275 g/mol. The molecule has 1 fully saturated rings. The van der Waals surface area contributed by atoms with Crippen LogP contribution in [0.4, 0.5) is 5.69 Å². The molecule has 20 heavy (non-hydrogen) atoms. The van der Waals surface area contributed by atoms with Crippen LogP contribution in [-0.2, 0) is 4.74 Å². The van der Waals surface area contributed by atoms with Crippen molar-refractivity contribution in [3.8, 4) is 0 Å². The van der Waals surface area contributed by atoms with Crippen LogP contribution < -0.4 is 5.32 Å². The lowest BCUT2D eigenvalue weighted by atomic mass is 10.2. The van der Waals surface area contributed by atoms with Gasteiger partial charge in [0, 0.05) is 32.4 Å². The molecule has 6 heteroatoms. The summed E-state index contributed by atoms with van der Waals surface area (Å²) in [6.07, 6.45) is 2.07. The second-order valence-corrected chi connectivity index (χ2v) is 5.25. The third kappa shape index (κ3) is 2.76. The first kappa shape index (κ1) is 13.3.